The second-order valence-electron chi connectivity index (χ2n) is 5.88. The van der Waals surface area contributed by atoms with Crippen molar-refractivity contribution >= 4 is 22.5 Å². The number of rotatable bonds is 4. The molecule has 1 unspecified atom stereocenters. The number of amides is 1. The molecule has 0 bridgehead atoms. The lowest BCUT2D eigenvalue weighted by atomic mass is 10.2. The van der Waals surface area contributed by atoms with Gasteiger partial charge in [0.25, 0.3) is 0 Å². The minimum absolute atomic E-state index is 0.0160. The highest BCUT2D eigenvalue weighted by atomic mass is 16.1. The topological polar surface area (TPSA) is 59.8 Å². The van der Waals surface area contributed by atoms with Crippen molar-refractivity contribution in [1.82, 2.24) is 14.8 Å². The first-order chi connectivity index (χ1) is 11.0. The van der Waals surface area contributed by atoms with Crippen molar-refractivity contribution in [2.45, 2.75) is 33.2 Å². The number of aryl methyl sites for hydroxylation is 2. The molecule has 0 aliphatic rings. The molecule has 0 saturated heterocycles. The van der Waals surface area contributed by atoms with E-state index in [2.05, 4.69) is 15.4 Å². The molecular weight excluding hydrogens is 288 g/mol. The quantitative estimate of drug-likeness (QED) is 0.800. The van der Waals surface area contributed by atoms with E-state index in [0.29, 0.717) is 6.42 Å². The Morgan fingerprint density at radius 2 is 2.09 bits per heavy atom. The average Bonchev–Trinajstić information content (AvgIpc) is 2.85. The van der Waals surface area contributed by atoms with E-state index >= 15 is 0 Å². The van der Waals surface area contributed by atoms with Gasteiger partial charge in [-0.2, -0.15) is 5.10 Å². The maximum Gasteiger partial charge on any atom is 0.226 e. The number of aromatic nitrogens is 3. The number of pyridine rings is 1. The first-order valence-corrected chi connectivity index (χ1v) is 7.70. The van der Waals surface area contributed by atoms with Crippen LogP contribution >= 0.6 is 0 Å². The normalized spacial score (nSPS) is 12.3. The van der Waals surface area contributed by atoms with Crippen LogP contribution < -0.4 is 5.32 Å². The Hall–Kier alpha value is -2.69. The number of nitrogens with zero attached hydrogens (tertiary/aromatic N) is 3. The Morgan fingerprint density at radius 3 is 2.83 bits per heavy atom. The molecule has 23 heavy (non-hydrogen) atoms. The van der Waals surface area contributed by atoms with Crippen molar-refractivity contribution in [3.8, 4) is 0 Å². The smallest absolute Gasteiger partial charge is 0.226 e. The molecule has 1 amide bonds. The lowest BCUT2D eigenvalue weighted by Gasteiger charge is -2.14. The predicted molar refractivity (Wildman–Crippen MR) is 91.4 cm³/mol. The molecule has 0 radical (unpaired) electrons. The molecule has 0 aliphatic heterocycles. The molecule has 2 heterocycles. The van der Waals surface area contributed by atoms with Gasteiger partial charge in [0, 0.05) is 29.4 Å². The minimum atomic E-state index is -0.0275. The van der Waals surface area contributed by atoms with Gasteiger partial charge in [-0.25, -0.2) is 0 Å². The molecule has 0 aliphatic carbocycles. The van der Waals surface area contributed by atoms with Crippen molar-refractivity contribution in [3.05, 3.63) is 54.0 Å². The zero-order chi connectivity index (χ0) is 16.4. The number of hydrogen-bond acceptors (Lipinski definition) is 3. The van der Waals surface area contributed by atoms with Crippen molar-refractivity contribution in [2.24, 2.45) is 0 Å². The Kier molecular flexibility index (Phi) is 4.10. The van der Waals surface area contributed by atoms with Crippen LogP contribution in [0.4, 0.5) is 5.69 Å². The number of benzene rings is 1. The maximum absolute atomic E-state index is 12.3. The zero-order valence-corrected chi connectivity index (χ0v) is 13.6. The number of carbonyl (C=O) groups excluding carboxylic acids is 1. The summed E-state index contributed by atoms with van der Waals surface area (Å²) in [6.07, 6.45) is 2.13. The third-order valence-electron chi connectivity index (χ3n) is 3.83. The highest BCUT2D eigenvalue weighted by molar-refractivity contribution is 5.93. The summed E-state index contributed by atoms with van der Waals surface area (Å²) in [7, 11) is 0. The van der Waals surface area contributed by atoms with Gasteiger partial charge in [-0.05, 0) is 45.0 Å². The highest BCUT2D eigenvalue weighted by Gasteiger charge is 2.14. The molecule has 3 rings (SSSR count). The van der Waals surface area contributed by atoms with E-state index in [4.69, 9.17) is 0 Å². The summed E-state index contributed by atoms with van der Waals surface area (Å²) < 4.78 is 1.90. The Balaban J connectivity index is 1.69. The second-order valence-corrected chi connectivity index (χ2v) is 5.88. The fourth-order valence-electron chi connectivity index (χ4n) is 2.80. The molecule has 1 atom stereocenters. The fourth-order valence-corrected chi connectivity index (χ4v) is 2.80. The largest absolute Gasteiger partial charge is 0.326 e. The lowest BCUT2D eigenvalue weighted by molar-refractivity contribution is -0.116. The van der Waals surface area contributed by atoms with Gasteiger partial charge in [0.05, 0.1) is 17.3 Å². The number of anilines is 1. The van der Waals surface area contributed by atoms with Gasteiger partial charge in [-0.15, -0.1) is 0 Å². The molecule has 0 spiro atoms. The second kappa shape index (κ2) is 6.20. The molecule has 5 nitrogen and oxygen atoms in total. The summed E-state index contributed by atoms with van der Waals surface area (Å²) in [5.41, 5.74) is 3.67. The SMILES string of the molecule is Cc1cc(C)n(C(C)CC(=O)Nc2ccc3cccnc3c2)n1. The third-order valence-corrected chi connectivity index (χ3v) is 3.83. The number of nitrogens with one attached hydrogen (secondary N) is 1. The van der Waals surface area contributed by atoms with E-state index in [-0.39, 0.29) is 11.9 Å². The molecule has 118 valence electrons. The zero-order valence-electron chi connectivity index (χ0n) is 13.6. The Labute approximate surface area is 135 Å². The summed E-state index contributed by atoms with van der Waals surface area (Å²) in [5, 5.41) is 8.44. The summed E-state index contributed by atoms with van der Waals surface area (Å²) in [6, 6.07) is 11.7. The average molecular weight is 308 g/mol. The monoisotopic (exact) mass is 308 g/mol. The van der Waals surface area contributed by atoms with Gasteiger partial charge in [-0.1, -0.05) is 12.1 Å². The summed E-state index contributed by atoms with van der Waals surface area (Å²) in [5.74, 6) is -0.0275. The first kappa shape index (κ1) is 15.2. The van der Waals surface area contributed by atoms with E-state index in [1.54, 1.807) is 6.20 Å². The van der Waals surface area contributed by atoms with E-state index in [0.717, 1.165) is 28.0 Å². The number of hydrogen-bond donors (Lipinski definition) is 1. The third kappa shape index (κ3) is 3.39. The Morgan fingerprint density at radius 1 is 1.26 bits per heavy atom. The van der Waals surface area contributed by atoms with Crippen LogP contribution in [0.15, 0.2) is 42.6 Å². The molecule has 1 N–H and O–H groups in total. The molecule has 5 heteroatoms. The molecule has 0 saturated carbocycles. The van der Waals surface area contributed by atoms with Gasteiger partial charge < -0.3 is 5.32 Å². The molecule has 1 aromatic carbocycles. The maximum atomic E-state index is 12.3. The molecule has 0 fully saturated rings. The summed E-state index contributed by atoms with van der Waals surface area (Å²) >= 11 is 0. The summed E-state index contributed by atoms with van der Waals surface area (Å²) in [4.78, 5) is 16.6. The van der Waals surface area contributed by atoms with Gasteiger partial charge in [-0.3, -0.25) is 14.5 Å². The van der Waals surface area contributed by atoms with Gasteiger partial charge in [0.2, 0.25) is 5.91 Å². The molecular formula is C18H20N4O. The standard InChI is InChI=1S/C18H20N4O/c1-12-9-13(2)22(21-12)14(3)10-18(23)20-16-7-6-15-5-4-8-19-17(15)11-16/h4-9,11,14H,10H2,1-3H3,(H,20,23). The van der Waals surface area contributed by atoms with E-state index in [1.165, 1.54) is 0 Å². The van der Waals surface area contributed by atoms with Crippen LogP contribution in [-0.2, 0) is 4.79 Å². The number of carbonyl (C=O) groups is 1. The highest BCUT2D eigenvalue weighted by Crippen LogP contribution is 2.19. The van der Waals surface area contributed by atoms with Crippen LogP contribution in [0.3, 0.4) is 0 Å². The molecule has 2 aromatic heterocycles. The van der Waals surface area contributed by atoms with E-state index < -0.39 is 0 Å². The van der Waals surface area contributed by atoms with Crippen LogP contribution in [0.1, 0.15) is 30.8 Å². The van der Waals surface area contributed by atoms with Crippen LogP contribution in [0, 0.1) is 13.8 Å². The summed E-state index contributed by atoms with van der Waals surface area (Å²) in [6.45, 7) is 5.96. The van der Waals surface area contributed by atoms with E-state index in [1.807, 2.05) is 61.9 Å². The van der Waals surface area contributed by atoms with Crippen LogP contribution in [0.25, 0.3) is 10.9 Å². The fraction of sp³-hybridized carbons (Fsp3) is 0.278. The van der Waals surface area contributed by atoms with Crippen molar-refractivity contribution in [2.75, 3.05) is 5.32 Å². The minimum Gasteiger partial charge on any atom is -0.326 e. The van der Waals surface area contributed by atoms with E-state index in [9.17, 15) is 4.79 Å². The lowest BCUT2D eigenvalue weighted by Crippen LogP contribution is -2.19. The van der Waals surface area contributed by atoms with Crippen LogP contribution in [0.5, 0.6) is 0 Å². The van der Waals surface area contributed by atoms with Crippen LogP contribution in [0.2, 0.25) is 0 Å². The molecule has 3 aromatic rings. The first-order valence-electron chi connectivity index (χ1n) is 7.70. The predicted octanol–water partition coefficient (Wildman–Crippen LogP) is 3.64. The van der Waals surface area contributed by atoms with Gasteiger partial charge in [0.15, 0.2) is 0 Å². The van der Waals surface area contributed by atoms with Crippen LogP contribution in [-0.4, -0.2) is 20.7 Å². The van der Waals surface area contributed by atoms with Crippen molar-refractivity contribution < 1.29 is 4.79 Å². The Bertz CT molecular complexity index is 853. The van der Waals surface area contributed by atoms with Gasteiger partial charge in [0.1, 0.15) is 0 Å². The van der Waals surface area contributed by atoms with Crippen molar-refractivity contribution in [1.29, 1.82) is 0 Å². The number of fused-ring (bicyclic) bond motifs is 1. The van der Waals surface area contributed by atoms with Gasteiger partial charge >= 0.3 is 0 Å². The van der Waals surface area contributed by atoms with Crippen molar-refractivity contribution in [3.63, 3.8) is 0 Å².